The number of nitrogens with one attached hydrogen (secondary N) is 1. The van der Waals surface area contributed by atoms with Crippen molar-refractivity contribution in [1.29, 1.82) is 0 Å². The van der Waals surface area contributed by atoms with E-state index in [1.807, 2.05) is 0 Å². The zero-order valence-electron chi connectivity index (χ0n) is 13.6. The Balaban J connectivity index is 1.63. The molecule has 0 spiro atoms. The second-order valence-electron chi connectivity index (χ2n) is 6.10. The van der Waals surface area contributed by atoms with E-state index in [0.29, 0.717) is 12.8 Å². The van der Waals surface area contributed by atoms with Gasteiger partial charge in [-0.2, -0.15) is 19.2 Å². The van der Waals surface area contributed by atoms with E-state index in [9.17, 15) is 22.7 Å². The molecule has 2 aromatic rings. The minimum absolute atomic E-state index is 0.00107. The molecule has 11 heteroatoms. The smallest absolute Gasteiger partial charge is 0.475 e. The summed E-state index contributed by atoms with van der Waals surface area (Å²) >= 11 is 0. The van der Waals surface area contributed by atoms with Gasteiger partial charge in [-0.15, -0.1) is 13.2 Å². The minimum atomic E-state index is -4.63. The fourth-order valence-corrected chi connectivity index (χ4v) is 2.68. The lowest BCUT2D eigenvalue weighted by molar-refractivity contribution is -0.212. The van der Waals surface area contributed by atoms with E-state index in [2.05, 4.69) is 20.4 Å². The van der Waals surface area contributed by atoms with E-state index in [0.717, 1.165) is 31.4 Å². The number of rotatable bonds is 5. The Kier molecular flexibility index (Phi) is 5.25. The van der Waals surface area contributed by atoms with Gasteiger partial charge in [0.2, 0.25) is 11.8 Å². The molecule has 2 heterocycles. The van der Waals surface area contributed by atoms with E-state index in [1.54, 1.807) is 0 Å². The van der Waals surface area contributed by atoms with Crippen LogP contribution in [0.2, 0.25) is 0 Å². The molecule has 26 heavy (non-hydrogen) atoms. The average Bonchev–Trinajstić information content (AvgIpc) is 3.06. The first-order chi connectivity index (χ1) is 12.3. The maximum absolute atomic E-state index is 13.8. The van der Waals surface area contributed by atoms with Crippen molar-refractivity contribution in [2.45, 2.75) is 38.1 Å². The molecule has 3 rings (SSSR count). The predicted molar refractivity (Wildman–Crippen MR) is 82.3 cm³/mol. The van der Waals surface area contributed by atoms with Gasteiger partial charge in [-0.25, -0.2) is 4.98 Å². The molecule has 7 nitrogen and oxygen atoms in total. The summed E-state index contributed by atoms with van der Waals surface area (Å²) < 4.78 is 56.6. The van der Waals surface area contributed by atoms with Crippen LogP contribution in [0.5, 0.6) is 5.88 Å². The fourth-order valence-electron chi connectivity index (χ4n) is 2.68. The number of aliphatic hydroxyl groups excluding tert-OH is 1. The first-order valence-electron chi connectivity index (χ1n) is 8.03. The third-order valence-corrected chi connectivity index (χ3v) is 4.08. The molecule has 142 valence electrons. The SMILES string of the molecule is OC1CCC(COc2nc(Nc3cnn(C(F)(F)F)c3)ncc2F)CC1. The fraction of sp³-hybridized carbons (Fsp3) is 0.533. The highest BCUT2D eigenvalue weighted by molar-refractivity contribution is 5.50. The Labute approximate surface area is 146 Å². The first kappa shape index (κ1) is 18.4. The maximum atomic E-state index is 13.8. The van der Waals surface area contributed by atoms with Crippen molar-refractivity contribution in [3.8, 4) is 5.88 Å². The second kappa shape index (κ2) is 7.44. The normalized spacial score (nSPS) is 20.8. The highest BCUT2D eigenvalue weighted by Gasteiger charge is 2.31. The van der Waals surface area contributed by atoms with Gasteiger partial charge in [-0.05, 0) is 31.6 Å². The zero-order valence-corrected chi connectivity index (χ0v) is 13.6. The van der Waals surface area contributed by atoms with E-state index in [1.165, 1.54) is 0 Å². The van der Waals surface area contributed by atoms with Crippen LogP contribution in [0.15, 0.2) is 18.6 Å². The molecular formula is C15H17F4N5O2. The molecule has 0 atom stereocenters. The summed E-state index contributed by atoms with van der Waals surface area (Å²) in [5.74, 6) is -0.967. The molecule has 2 aromatic heterocycles. The molecular weight excluding hydrogens is 358 g/mol. The number of nitrogens with zero attached hydrogens (tertiary/aromatic N) is 4. The third kappa shape index (κ3) is 4.59. The summed E-state index contributed by atoms with van der Waals surface area (Å²) in [5, 5.41) is 15.2. The number of hydrogen-bond donors (Lipinski definition) is 2. The van der Waals surface area contributed by atoms with E-state index in [-0.39, 0.29) is 40.8 Å². The van der Waals surface area contributed by atoms with Crippen molar-refractivity contribution >= 4 is 11.6 Å². The van der Waals surface area contributed by atoms with Crippen LogP contribution in [-0.4, -0.2) is 37.6 Å². The first-order valence-corrected chi connectivity index (χ1v) is 8.03. The number of halogens is 4. The van der Waals surface area contributed by atoms with Crippen molar-refractivity contribution < 1.29 is 27.4 Å². The number of aliphatic hydroxyl groups is 1. The maximum Gasteiger partial charge on any atom is 0.504 e. The van der Waals surface area contributed by atoms with Crippen molar-refractivity contribution in [3.05, 3.63) is 24.4 Å². The van der Waals surface area contributed by atoms with Crippen LogP contribution in [-0.2, 0) is 6.30 Å². The molecule has 1 aliphatic carbocycles. The third-order valence-electron chi connectivity index (χ3n) is 4.08. The lowest BCUT2D eigenvalue weighted by atomic mass is 9.88. The monoisotopic (exact) mass is 375 g/mol. The highest BCUT2D eigenvalue weighted by atomic mass is 19.4. The van der Waals surface area contributed by atoms with Gasteiger partial charge >= 0.3 is 6.30 Å². The van der Waals surface area contributed by atoms with Gasteiger partial charge in [0.1, 0.15) is 0 Å². The van der Waals surface area contributed by atoms with Gasteiger partial charge < -0.3 is 15.2 Å². The van der Waals surface area contributed by atoms with E-state index < -0.39 is 12.1 Å². The number of aromatic nitrogens is 4. The van der Waals surface area contributed by atoms with Crippen LogP contribution in [0.3, 0.4) is 0 Å². The van der Waals surface area contributed by atoms with Crippen molar-refractivity contribution in [2.24, 2.45) is 5.92 Å². The zero-order chi connectivity index (χ0) is 18.7. The van der Waals surface area contributed by atoms with E-state index in [4.69, 9.17) is 4.74 Å². The quantitative estimate of drug-likeness (QED) is 0.782. The molecule has 0 radical (unpaired) electrons. The number of ether oxygens (including phenoxy) is 1. The number of alkyl halides is 3. The molecule has 0 bridgehead atoms. The van der Waals surface area contributed by atoms with Gasteiger partial charge in [0.25, 0.3) is 5.88 Å². The summed E-state index contributed by atoms with van der Waals surface area (Å²) in [5.41, 5.74) is 0.00107. The van der Waals surface area contributed by atoms with E-state index >= 15 is 0 Å². The lowest BCUT2D eigenvalue weighted by Crippen LogP contribution is -2.23. The molecule has 0 saturated heterocycles. The van der Waals surface area contributed by atoms with Gasteiger partial charge in [-0.1, -0.05) is 0 Å². The topological polar surface area (TPSA) is 85.1 Å². The standard InChI is InChI=1S/C15H17F4N5O2/c16-12-6-20-14(22-10-5-21-24(7-10)15(17,18)19)23-13(12)26-8-9-1-3-11(25)4-2-9/h5-7,9,11,25H,1-4,8H2,(H,20,22,23). The van der Waals surface area contributed by atoms with Gasteiger partial charge in [0.15, 0.2) is 0 Å². The summed E-state index contributed by atoms with van der Waals surface area (Å²) in [6, 6.07) is 0. The summed E-state index contributed by atoms with van der Waals surface area (Å²) in [6.07, 6.45) is 0.525. The van der Waals surface area contributed by atoms with Crippen LogP contribution >= 0.6 is 0 Å². The Hall–Kier alpha value is -2.43. The van der Waals surface area contributed by atoms with Crippen molar-refractivity contribution in [1.82, 2.24) is 19.7 Å². The van der Waals surface area contributed by atoms with Gasteiger partial charge in [-0.3, -0.25) is 0 Å². The summed E-state index contributed by atoms with van der Waals surface area (Å²) in [4.78, 5) is 7.53. The van der Waals surface area contributed by atoms with Crippen molar-refractivity contribution in [2.75, 3.05) is 11.9 Å². The molecule has 1 saturated carbocycles. The Morgan fingerprint density at radius 3 is 2.62 bits per heavy atom. The minimum Gasteiger partial charge on any atom is -0.475 e. The number of anilines is 2. The Morgan fingerprint density at radius 1 is 1.23 bits per heavy atom. The highest BCUT2D eigenvalue weighted by Crippen LogP contribution is 2.26. The molecule has 0 aromatic carbocycles. The van der Waals surface area contributed by atoms with Crippen LogP contribution < -0.4 is 10.1 Å². The lowest BCUT2D eigenvalue weighted by Gasteiger charge is -2.25. The molecule has 1 fully saturated rings. The summed E-state index contributed by atoms with van der Waals surface area (Å²) in [6.45, 7) is 0.242. The molecule has 2 N–H and O–H groups in total. The largest absolute Gasteiger partial charge is 0.504 e. The van der Waals surface area contributed by atoms with Crippen LogP contribution in [0, 0.1) is 11.7 Å². The average molecular weight is 375 g/mol. The van der Waals surface area contributed by atoms with Crippen LogP contribution in [0.4, 0.5) is 29.2 Å². The molecule has 0 aliphatic heterocycles. The Morgan fingerprint density at radius 2 is 1.96 bits per heavy atom. The number of hydrogen-bond acceptors (Lipinski definition) is 6. The predicted octanol–water partition coefficient (Wildman–Crippen LogP) is 2.96. The van der Waals surface area contributed by atoms with Gasteiger partial charge in [0, 0.05) is 0 Å². The molecule has 1 aliphatic rings. The second-order valence-corrected chi connectivity index (χ2v) is 6.10. The Bertz CT molecular complexity index is 744. The van der Waals surface area contributed by atoms with Crippen molar-refractivity contribution in [3.63, 3.8) is 0 Å². The van der Waals surface area contributed by atoms with Crippen LogP contribution in [0.25, 0.3) is 0 Å². The van der Waals surface area contributed by atoms with Gasteiger partial charge in [0.05, 0.1) is 37.0 Å². The molecule has 0 amide bonds. The summed E-state index contributed by atoms with van der Waals surface area (Å²) in [7, 11) is 0. The molecule has 0 unspecified atom stereocenters. The van der Waals surface area contributed by atoms with Crippen LogP contribution in [0.1, 0.15) is 25.7 Å².